The van der Waals surface area contributed by atoms with E-state index in [2.05, 4.69) is 9.97 Å². The smallest absolute Gasteiger partial charge is 0.354 e. The fourth-order valence-electron chi connectivity index (χ4n) is 1.67. The number of hydrogen-bond donors (Lipinski definition) is 1. The number of aromatic nitrogens is 2. The fourth-order valence-corrected chi connectivity index (χ4v) is 1.67. The van der Waals surface area contributed by atoms with E-state index in [1.807, 2.05) is 0 Å². The number of aryl methyl sites for hydroxylation is 1. The van der Waals surface area contributed by atoms with Gasteiger partial charge in [0, 0.05) is 18.9 Å². The Labute approximate surface area is 98.6 Å². The molecule has 17 heavy (non-hydrogen) atoms. The Balaban J connectivity index is 2.11. The number of ether oxygens (including phenoxy) is 2. The number of nitrogens with zero attached hydrogens (tertiary/aromatic N) is 2. The van der Waals surface area contributed by atoms with Crippen molar-refractivity contribution in [3.63, 3.8) is 0 Å². The van der Waals surface area contributed by atoms with Crippen LogP contribution in [0.15, 0.2) is 6.07 Å². The van der Waals surface area contributed by atoms with Crippen molar-refractivity contribution in [3.8, 4) is 5.88 Å². The van der Waals surface area contributed by atoms with Crippen LogP contribution in [0.5, 0.6) is 5.88 Å². The maximum atomic E-state index is 10.8. The highest BCUT2D eigenvalue weighted by Gasteiger charge is 2.17. The molecule has 0 bridgehead atoms. The minimum Gasteiger partial charge on any atom is -0.477 e. The summed E-state index contributed by atoms with van der Waals surface area (Å²) in [7, 11) is 0. The van der Waals surface area contributed by atoms with E-state index < -0.39 is 5.97 Å². The molecule has 0 aliphatic carbocycles. The first-order chi connectivity index (χ1) is 8.15. The molecule has 1 saturated heterocycles. The minimum atomic E-state index is -1.08. The van der Waals surface area contributed by atoms with Gasteiger partial charge in [0.2, 0.25) is 5.88 Å². The highest BCUT2D eigenvalue weighted by molar-refractivity contribution is 5.85. The Bertz CT molecular complexity index is 416. The topological polar surface area (TPSA) is 81.5 Å². The van der Waals surface area contributed by atoms with Crippen LogP contribution in [0.3, 0.4) is 0 Å². The molecule has 1 fully saturated rings. The normalized spacial score (nSPS) is 16.8. The fraction of sp³-hybridized carbons (Fsp3) is 0.545. The second-order valence-electron chi connectivity index (χ2n) is 3.87. The molecule has 92 valence electrons. The van der Waals surface area contributed by atoms with Gasteiger partial charge < -0.3 is 14.6 Å². The molecule has 1 aliphatic rings. The quantitative estimate of drug-likeness (QED) is 0.847. The summed E-state index contributed by atoms with van der Waals surface area (Å²) in [5.74, 6) is -0.360. The summed E-state index contributed by atoms with van der Waals surface area (Å²) in [5, 5.41) is 8.87. The summed E-state index contributed by atoms with van der Waals surface area (Å²) in [6.45, 7) is 2.98. The number of carbonyl (C=O) groups is 1. The van der Waals surface area contributed by atoms with Crippen molar-refractivity contribution in [1.82, 2.24) is 9.97 Å². The summed E-state index contributed by atoms with van der Waals surface area (Å²) < 4.78 is 10.8. The number of carboxylic acids is 1. The maximum absolute atomic E-state index is 10.8. The molecule has 2 heterocycles. The highest BCUT2D eigenvalue weighted by Crippen LogP contribution is 2.16. The molecule has 0 atom stereocenters. The van der Waals surface area contributed by atoms with Crippen molar-refractivity contribution < 1.29 is 19.4 Å². The molecule has 0 aromatic carbocycles. The molecule has 0 saturated carbocycles. The average Bonchev–Trinajstić information content (AvgIpc) is 2.29. The van der Waals surface area contributed by atoms with Gasteiger partial charge in [-0.1, -0.05) is 0 Å². The molecular weight excluding hydrogens is 224 g/mol. The predicted molar refractivity (Wildman–Crippen MR) is 58.2 cm³/mol. The third-order valence-electron chi connectivity index (χ3n) is 2.49. The zero-order valence-electron chi connectivity index (χ0n) is 9.55. The number of hydrogen-bond acceptors (Lipinski definition) is 5. The van der Waals surface area contributed by atoms with Gasteiger partial charge in [0.25, 0.3) is 0 Å². The van der Waals surface area contributed by atoms with Gasteiger partial charge in [-0.3, -0.25) is 0 Å². The van der Waals surface area contributed by atoms with Crippen molar-refractivity contribution in [2.45, 2.75) is 25.9 Å². The molecule has 0 amide bonds. The lowest BCUT2D eigenvalue weighted by Crippen LogP contribution is -2.26. The Morgan fingerprint density at radius 3 is 2.82 bits per heavy atom. The number of aromatic carboxylic acids is 1. The van der Waals surface area contributed by atoms with E-state index >= 15 is 0 Å². The van der Waals surface area contributed by atoms with Gasteiger partial charge in [0.15, 0.2) is 5.69 Å². The van der Waals surface area contributed by atoms with Crippen LogP contribution in [0.4, 0.5) is 0 Å². The van der Waals surface area contributed by atoms with E-state index in [1.54, 1.807) is 6.92 Å². The standard InChI is InChI=1S/C11H14N2O4/c1-7-12-9(11(14)15)6-10(13-7)17-8-2-4-16-5-3-8/h6,8H,2-5H2,1H3,(H,14,15). The van der Waals surface area contributed by atoms with Crippen LogP contribution in [0, 0.1) is 6.92 Å². The van der Waals surface area contributed by atoms with E-state index in [9.17, 15) is 4.79 Å². The van der Waals surface area contributed by atoms with Gasteiger partial charge in [-0.15, -0.1) is 0 Å². The van der Waals surface area contributed by atoms with Gasteiger partial charge in [0.05, 0.1) is 13.2 Å². The third kappa shape index (κ3) is 3.13. The molecule has 2 rings (SSSR count). The van der Waals surface area contributed by atoms with Gasteiger partial charge in [0.1, 0.15) is 11.9 Å². The number of rotatable bonds is 3. The summed E-state index contributed by atoms with van der Waals surface area (Å²) in [4.78, 5) is 18.7. The molecule has 0 spiro atoms. The van der Waals surface area contributed by atoms with E-state index in [0.717, 1.165) is 12.8 Å². The first-order valence-electron chi connectivity index (χ1n) is 5.48. The van der Waals surface area contributed by atoms with Gasteiger partial charge in [-0.25, -0.2) is 9.78 Å². The van der Waals surface area contributed by atoms with Crippen molar-refractivity contribution in [3.05, 3.63) is 17.6 Å². The van der Waals surface area contributed by atoms with Crippen molar-refractivity contribution >= 4 is 5.97 Å². The second kappa shape index (κ2) is 5.09. The van der Waals surface area contributed by atoms with Crippen LogP contribution < -0.4 is 4.74 Å². The van der Waals surface area contributed by atoms with Crippen LogP contribution in [0.2, 0.25) is 0 Å². The van der Waals surface area contributed by atoms with Crippen LogP contribution in [-0.2, 0) is 4.74 Å². The van der Waals surface area contributed by atoms with Crippen LogP contribution in [-0.4, -0.2) is 40.4 Å². The molecule has 0 unspecified atom stereocenters. The second-order valence-corrected chi connectivity index (χ2v) is 3.87. The Hall–Kier alpha value is -1.69. The Kier molecular flexibility index (Phi) is 3.53. The summed E-state index contributed by atoms with van der Waals surface area (Å²) in [6, 6.07) is 1.35. The SMILES string of the molecule is Cc1nc(OC2CCOCC2)cc(C(=O)O)n1. The van der Waals surface area contributed by atoms with Gasteiger partial charge in [-0.2, -0.15) is 4.98 Å². The average molecular weight is 238 g/mol. The van der Waals surface area contributed by atoms with E-state index in [-0.39, 0.29) is 11.8 Å². The molecule has 1 N–H and O–H groups in total. The first kappa shape index (κ1) is 11.8. The van der Waals surface area contributed by atoms with Crippen LogP contribution in [0.25, 0.3) is 0 Å². The predicted octanol–water partition coefficient (Wildman–Crippen LogP) is 1.04. The molecular formula is C11H14N2O4. The number of carboxylic acid groups (broad SMARTS) is 1. The molecule has 1 aromatic rings. The highest BCUT2D eigenvalue weighted by atomic mass is 16.5. The molecule has 6 heteroatoms. The van der Waals surface area contributed by atoms with E-state index in [1.165, 1.54) is 6.07 Å². The largest absolute Gasteiger partial charge is 0.477 e. The van der Waals surface area contributed by atoms with Crippen LogP contribution in [0.1, 0.15) is 29.2 Å². The van der Waals surface area contributed by atoms with Crippen LogP contribution >= 0.6 is 0 Å². The lowest BCUT2D eigenvalue weighted by atomic mass is 10.1. The molecule has 6 nitrogen and oxygen atoms in total. The Morgan fingerprint density at radius 1 is 1.47 bits per heavy atom. The van der Waals surface area contributed by atoms with Gasteiger partial charge in [-0.05, 0) is 6.92 Å². The zero-order chi connectivity index (χ0) is 12.3. The van der Waals surface area contributed by atoms with E-state index in [4.69, 9.17) is 14.6 Å². The summed E-state index contributed by atoms with van der Waals surface area (Å²) in [6.07, 6.45) is 1.64. The van der Waals surface area contributed by atoms with Crippen molar-refractivity contribution in [1.29, 1.82) is 0 Å². The summed E-state index contributed by atoms with van der Waals surface area (Å²) in [5.41, 5.74) is -0.0421. The molecule has 1 aliphatic heterocycles. The lowest BCUT2D eigenvalue weighted by molar-refractivity contribution is 0.0235. The molecule has 0 radical (unpaired) electrons. The van der Waals surface area contributed by atoms with Gasteiger partial charge >= 0.3 is 5.97 Å². The van der Waals surface area contributed by atoms with E-state index in [0.29, 0.717) is 24.9 Å². The molecule has 1 aromatic heterocycles. The third-order valence-corrected chi connectivity index (χ3v) is 2.49. The maximum Gasteiger partial charge on any atom is 0.354 e. The Morgan fingerprint density at radius 2 is 2.18 bits per heavy atom. The zero-order valence-corrected chi connectivity index (χ0v) is 9.55. The van der Waals surface area contributed by atoms with Crippen molar-refractivity contribution in [2.24, 2.45) is 0 Å². The summed E-state index contributed by atoms with van der Waals surface area (Å²) >= 11 is 0. The first-order valence-corrected chi connectivity index (χ1v) is 5.48. The monoisotopic (exact) mass is 238 g/mol. The van der Waals surface area contributed by atoms with Crippen molar-refractivity contribution in [2.75, 3.05) is 13.2 Å². The minimum absolute atomic E-state index is 0.0414. The lowest BCUT2D eigenvalue weighted by Gasteiger charge is -2.22.